The molecule has 0 aliphatic carbocycles. The van der Waals surface area contributed by atoms with E-state index in [1.807, 2.05) is 44.2 Å². The Labute approximate surface area is 271 Å². The first-order valence-corrected chi connectivity index (χ1v) is 16.7. The predicted molar refractivity (Wildman–Crippen MR) is 173 cm³/mol. The van der Waals surface area contributed by atoms with Gasteiger partial charge in [-0.3, -0.25) is 13.9 Å². The van der Waals surface area contributed by atoms with Crippen molar-refractivity contribution < 1.29 is 18.0 Å². The van der Waals surface area contributed by atoms with Crippen LogP contribution in [-0.4, -0.2) is 50.0 Å². The fourth-order valence-corrected chi connectivity index (χ4v) is 6.21. The summed E-state index contributed by atoms with van der Waals surface area (Å²) in [4.78, 5) is 29.3. The number of nitrogens with zero attached hydrogens (tertiary/aromatic N) is 2. The van der Waals surface area contributed by atoms with Gasteiger partial charge in [0.05, 0.1) is 27.0 Å². The molecule has 3 aromatic rings. The van der Waals surface area contributed by atoms with E-state index in [2.05, 4.69) is 5.32 Å². The average molecular weight is 694 g/mol. The Bertz CT molecular complexity index is 1520. The highest BCUT2D eigenvalue weighted by Crippen LogP contribution is 2.36. The second kappa shape index (κ2) is 15.0. The van der Waals surface area contributed by atoms with Crippen LogP contribution in [0.25, 0.3) is 0 Å². The lowest BCUT2D eigenvalue weighted by atomic mass is 10.0. The number of carbonyl (C=O) groups is 2. The van der Waals surface area contributed by atoms with Gasteiger partial charge in [0.25, 0.3) is 0 Å². The van der Waals surface area contributed by atoms with Gasteiger partial charge >= 0.3 is 0 Å². The zero-order chi connectivity index (χ0) is 31.2. The number of anilines is 1. The molecule has 2 unspecified atom stereocenters. The van der Waals surface area contributed by atoms with Crippen LogP contribution < -0.4 is 9.62 Å². The largest absolute Gasteiger partial charge is 0.352 e. The van der Waals surface area contributed by atoms with Crippen LogP contribution in [0.15, 0.2) is 60.7 Å². The number of hydrogen-bond acceptors (Lipinski definition) is 4. The average Bonchev–Trinajstić information content (AvgIpc) is 2.92. The lowest BCUT2D eigenvalue weighted by Crippen LogP contribution is -2.54. The number of sulfonamides is 1. The molecule has 2 amide bonds. The Balaban J connectivity index is 2.15. The summed E-state index contributed by atoms with van der Waals surface area (Å²) < 4.78 is 26.8. The molecule has 1 N–H and O–H groups in total. The van der Waals surface area contributed by atoms with Crippen molar-refractivity contribution in [3.8, 4) is 0 Å². The van der Waals surface area contributed by atoms with Crippen molar-refractivity contribution >= 4 is 85.5 Å². The Morgan fingerprint density at radius 1 is 0.857 bits per heavy atom. The number of benzene rings is 3. The van der Waals surface area contributed by atoms with Crippen LogP contribution in [0.5, 0.6) is 0 Å². The van der Waals surface area contributed by atoms with Gasteiger partial charge in [-0.15, -0.1) is 0 Å². The van der Waals surface area contributed by atoms with Gasteiger partial charge in [-0.2, -0.15) is 0 Å². The van der Waals surface area contributed by atoms with Crippen LogP contribution in [-0.2, 0) is 32.6 Å². The molecule has 0 aliphatic heterocycles. The van der Waals surface area contributed by atoms with Crippen molar-refractivity contribution in [2.75, 3.05) is 17.1 Å². The zero-order valence-corrected chi connectivity index (χ0v) is 27.7. The summed E-state index contributed by atoms with van der Waals surface area (Å²) in [5, 5.41) is 3.66. The van der Waals surface area contributed by atoms with E-state index in [9.17, 15) is 18.0 Å². The van der Waals surface area contributed by atoms with Crippen LogP contribution >= 0.6 is 58.0 Å². The van der Waals surface area contributed by atoms with E-state index in [1.54, 1.807) is 18.2 Å². The van der Waals surface area contributed by atoms with Crippen LogP contribution in [0.4, 0.5) is 5.69 Å². The molecule has 0 spiro atoms. The molecule has 3 aromatic carbocycles. The van der Waals surface area contributed by atoms with Crippen LogP contribution in [0, 0.1) is 0 Å². The highest BCUT2D eigenvalue weighted by molar-refractivity contribution is 7.92. The molecule has 0 bridgehead atoms. The van der Waals surface area contributed by atoms with Gasteiger partial charge in [-0.05, 0) is 43.2 Å². The van der Waals surface area contributed by atoms with Gasteiger partial charge < -0.3 is 10.2 Å². The molecular formula is C29H30Cl5N3O4S. The first-order valence-electron chi connectivity index (χ1n) is 12.9. The van der Waals surface area contributed by atoms with Gasteiger partial charge in [0.1, 0.15) is 12.6 Å². The minimum Gasteiger partial charge on any atom is -0.352 e. The van der Waals surface area contributed by atoms with Crippen molar-refractivity contribution in [3.63, 3.8) is 0 Å². The van der Waals surface area contributed by atoms with Crippen molar-refractivity contribution in [1.29, 1.82) is 0 Å². The molecule has 0 aliphatic rings. The van der Waals surface area contributed by atoms with E-state index in [1.165, 1.54) is 17.0 Å². The van der Waals surface area contributed by atoms with Gasteiger partial charge in [-0.25, -0.2) is 8.42 Å². The summed E-state index contributed by atoms with van der Waals surface area (Å²) in [5.74, 6) is -1.11. The molecule has 3 rings (SSSR count). The Morgan fingerprint density at radius 3 is 2.02 bits per heavy atom. The van der Waals surface area contributed by atoms with Gasteiger partial charge in [-0.1, -0.05) is 101 Å². The topological polar surface area (TPSA) is 86.8 Å². The maximum Gasteiger partial charge on any atom is 0.244 e. The highest BCUT2D eigenvalue weighted by Gasteiger charge is 2.34. The van der Waals surface area contributed by atoms with Gasteiger partial charge in [0.15, 0.2) is 0 Å². The zero-order valence-electron chi connectivity index (χ0n) is 23.1. The third-order valence-electron chi connectivity index (χ3n) is 6.60. The maximum absolute atomic E-state index is 14.2. The maximum atomic E-state index is 14.2. The summed E-state index contributed by atoms with van der Waals surface area (Å²) in [7, 11) is -4.07. The summed E-state index contributed by atoms with van der Waals surface area (Å²) in [6.07, 6.45) is 1.74. The number of amides is 2. The number of carbonyl (C=O) groups excluding carboxylic acids is 2. The monoisotopic (exact) mass is 691 g/mol. The Hall–Kier alpha value is -2.20. The van der Waals surface area contributed by atoms with E-state index in [0.29, 0.717) is 12.0 Å². The standard InChI is InChI=1S/C29H30Cl5N3O4S/c1-4-18(2)35-29(39)27(13-19-9-6-5-7-10-19)36(16-20-21(30)11-8-12-22(20)31)28(38)17-37(42(3,40)41)26-15-24(33)23(32)14-25(26)34/h5-12,14-15,18,27H,4,13,16-17H2,1-3H3,(H,35,39). The molecule has 0 radical (unpaired) electrons. The summed E-state index contributed by atoms with van der Waals surface area (Å²) >= 11 is 31.6. The number of rotatable bonds is 12. The lowest BCUT2D eigenvalue weighted by Gasteiger charge is -2.34. The van der Waals surface area contributed by atoms with Crippen LogP contribution in [0.1, 0.15) is 31.4 Å². The second-order valence-electron chi connectivity index (χ2n) is 9.73. The highest BCUT2D eigenvalue weighted by atomic mass is 35.5. The minimum atomic E-state index is -4.07. The summed E-state index contributed by atoms with van der Waals surface area (Å²) in [5.41, 5.74) is 1.15. The second-order valence-corrected chi connectivity index (χ2v) is 13.7. The van der Waals surface area contributed by atoms with Crippen molar-refractivity contribution in [3.05, 3.63) is 96.9 Å². The van der Waals surface area contributed by atoms with E-state index < -0.39 is 34.4 Å². The molecule has 7 nitrogen and oxygen atoms in total. The SMILES string of the molecule is CCC(C)NC(=O)C(Cc1ccccc1)N(Cc1c(Cl)cccc1Cl)C(=O)CN(c1cc(Cl)c(Cl)cc1Cl)S(C)(=O)=O. The molecule has 0 aromatic heterocycles. The van der Waals surface area contributed by atoms with E-state index >= 15 is 0 Å². The Kier molecular flexibility index (Phi) is 12.2. The lowest BCUT2D eigenvalue weighted by molar-refractivity contribution is -0.140. The molecule has 42 heavy (non-hydrogen) atoms. The molecule has 13 heteroatoms. The number of nitrogens with one attached hydrogen (secondary N) is 1. The molecule has 0 heterocycles. The fraction of sp³-hybridized carbons (Fsp3) is 0.310. The molecular weight excluding hydrogens is 664 g/mol. The molecule has 0 fully saturated rings. The smallest absolute Gasteiger partial charge is 0.244 e. The predicted octanol–water partition coefficient (Wildman–Crippen LogP) is 7.27. The van der Waals surface area contributed by atoms with Gasteiger partial charge in [0, 0.05) is 34.6 Å². The van der Waals surface area contributed by atoms with E-state index in [0.717, 1.165) is 16.1 Å². The van der Waals surface area contributed by atoms with Crippen molar-refractivity contribution in [1.82, 2.24) is 10.2 Å². The quantitative estimate of drug-likeness (QED) is 0.202. The normalized spacial score (nSPS) is 12.9. The van der Waals surface area contributed by atoms with Crippen LogP contribution in [0.3, 0.4) is 0 Å². The number of hydrogen-bond donors (Lipinski definition) is 1. The first-order chi connectivity index (χ1) is 19.7. The summed E-state index contributed by atoms with van der Waals surface area (Å²) in [6, 6.07) is 15.4. The van der Waals surface area contributed by atoms with Crippen molar-refractivity contribution in [2.24, 2.45) is 0 Å². The van der Waals surface area contributed by atoms with Crippen molar-refractivity contribution in [2.45, 2.75) is 45.3 Å². The van der Waals surface area contributed by atoms with Crippen LogP contribution in [0.2, 0.25) is 25.1 Å². The molecule has 0 saturated carbocycles. The first kappa shape index (κ1) is 34.3. The fourth-order valence-electron chi connectivity index (χ4n) is 4.15. The van der Waals surface area contributed by atoms with Gasteiger partial charge in [0.2, 0.25) is 21.8 Å². The molecule has 226 valence electrons. The van der Waals surface area contributed by atoms with E-state index in [4.69, 9.17) is 58.0 Å². The third-order valence-corrected chi connectivity index (χ3v) is 9.46. The van der Waals surface area contributed by atoms with E-state index in [-0.39, 0.29) is 49.8 Å². The summed E-state index contributed by atoms with van der Waals surface area (Å²) in [6.45, 7) is 2.91. The number of halogens is 5. The Morgan fingerprint density at radius 2 is 1.45 bits per heavy atom. The third kappa shape index (κ3) is 8.91. The minimum absolute atomic E-state index is 0.0290. The molecule has 2 atom stereocenters. The molecule has 0 saturated heterocycles.